The number of amides is 1. The van der Waals surface area contributed by atoms with Crippen LogP contribution in [-0.4, -0.2) is 19.5 Å². The number of nitrogens with zero attached hydrogens (tertiary/aromatic N) is 1. The van der Waals surface area contributed by atoms with E-state index >= 15 is 0 Å². The van der Waals surface area contributed by atoms with E-state index in [9.17, 15) is 13.2 Å². The molecule has 122 valence electrons. The maximum absolute atomic E-state index is 12.2. The van der Waals surface area contributed by atoms with Gasteiger partial charge in [-0.15, -0.1) is 0 Å². The summed E-state index contributed by atoms with van der Waals surface area (Å²) in [5, 5.41) is 0.185. The molecule has 0 radical (unpaired) electrons. The van der Waals surface area contributed by atoms with Gasteiger partial charge in [-0.25, -0.2) is 0 Å². The second kappa shape index (κ2) is 6.50. The second-order valence-electron chi connectivity index (χ2n) is 4.79. The number of aliphatic imine (C=N–C) groups is 1. The molecule has 24 heavy (non-hydrogen) atoms. The van der Waals surface area contributed by atoms with Gasteiger partial charge >= 0.3 is 10.1 Å². The number of rotatable bonds is 4. The number of amidine groups is 1. The molecule has 0 aromatic heterocycles. The molecule has 2 aromatic carbocycles. The highest BCUT2D eigenvalue weighted by Crippen LogP contribution is 2.28. The maximum Gasteiger partial charge on any atom is 0.339 e. The van der Waals surface area contributed by atoms with E-state index in [1.165, 1.54) is 24.3 Å². The van der Waals surface area contributed by atoms with Crippen molar-refractivity contribution in [2.75, 3.05) is 0 Å². The molecule has 0 fully saturated rings. The SMILES string of the molecule is NC1=NC(=O)/C(=C/c2cccc(OS(=O)(=O)c3ccccc3)c2)S1. The monoisotopic (exact) mass is 360 g/mol. The molecule has 1 aliphatic heterocycles. The fourth-order valence-electron chi connectivity index (χ4n) is 2.00. The van der Waals surface area contributed by atoms with Crippen molar-refractivity contribution in [1.29, 1.82) is 0 Å². The maximum atomic E-state index is 12.2. The van der Waals surface area contributed by atoms with Crippen molar-refractivity contribution >= 4 is 39.0 Å². The molecule has 0 unspecified atom stereocenters. The van der Waals surface area contributed by atoms with E-state index in [2.05, 4.69) is 4.99 Å². The van der Waals surface area contributed by atoms with Gasteiger partial charge in [-0.05, 0) is 47.7 Å². The van der Waals surface area contributed by atoms with Crippen LogP contribution in [0.5, 0.6) is 5.75 Å². The van der Waals surface area contributed by atoms with E-state index in [1.54, 1.807) is 36.4 Å². The Balaban J connectivity index is 1.84. The molecule has 0 atom stereocenters. The van der Waals surface area contributed by atoms with E-state index in [1.807, 2.05) is 0 Å². The smallest absolute Gasteiger partial charge is 0.339 e. The van der Waals surface area contributed by atoms with Crippen molar-refractivity contribution in [2.45, 2.75) is 4.90 Å². The van der Waals surface area contributed by atoms with Crippen LogP contribution in [0.4, 0.5) is 0 Å². The zero-order valence-electron chi connectivity index (χ0n) is 12.2. The van der Waals surface area contributed by atoms with E-state index in [0.717, 1.165) is 11.8 Å². The van der Waals surface area contributed by atoms with Crippen LogP contribution >= 0.6 is 11.8 Å². The topological polar surface area (TPSA) is 98.8 Å². The fourth-order valence-corrected chi connectivity index (χ4v) is 3.62. The second-order valence-corrected chi connectivity index (χ2v) is 7.40. The van der Waals surface area contributed by atoms with Crippen molar-refractivity contribution in [2.24, 2.45) is 10.7 Å². The summed E-state index contributed by atoms with van der Waals surface area (Å²) in [6, 6.07) is 14.3. The quantitative estimate of drug-likeness (QED) is 0.664. The third-order valence-electron chi connectivity index (χ3n) is 3.03. The Hall–Kier alpha value is -2.58. The molecule has 0 saturated carbocycles. The van der Waals surface area contributed by atoms with Crippen LogP contribution in [-0.2, 0) is 14.9 Å². The van der Waals surface area contributed by atoms with E-state index < -0.39 is 16.0 Å². The van der Waals surface area contributed by atoms with Crippen molar-refractivity contribution in [3.05, 3.63) is 65.1 Å². The normalized spacial score (nSPS) is 16.2. The summed E-state index contributed by atoms with van der Waals surface area (Å²) in [7, 11) is -3.91. The Morgan fingerprint density at radius 3 is 2.50 bits per heavy atom. The summed E-state index contributed by atoms with van der Waals surface area (Å²) in [6.07, 6.45) is 1.58. The number of thioether (sulfide) groups is 1. The first-order chi connectivity index (χ1) is 11.4. The van der Waals surface area contributed by atoms with Gasteiger partial charge in [0.1, 0.15) is 10.6 Å². The lowest BCUT2D eigenvalue weighted by atomic mass is 10.2. The molecule has 0 aliphatic carbocycles. The van der Waals surface area contributed by atoms with Gasteiger partial charge in [0.2, 0.25) is 0 Å². The Bertz CT molecular complexity index is 951. The van der Waals surface area contributed by atoms with Crippen molar-refractivity contribution in [1.82, 2.24) is 0 Å². The highest BCUT2D eigenvalue weighted by molar-refractivity contribution is 8.18. The van der Waals surface area contributed by atoms with Crippen LogP contribution in [0.1, 0.15) is 5.56 Å². The fraction of sp³-hybridized carbons (Fsp3) is 0. The zero-order valence-corrected chi connectivity index (χ0v) is 13.9. The molecular formula is C16H12N2O4S2. The van der Waals surface area contributed by atoms with Crippen LogP contribution in [0.25, 0.3) is 6.08 Å². The molecule has 0 saturated heterocycles. The average molecular weight is 360 g/mol. The van der Waals surface area contributed by atoms with Gasteiger partial charge in [-0.3, -0.25) is 4.79 Å². The number of carbonyl (C=O) groups excluding carboxylic acids is 1. The third kappa shape index (κ3) is 3.66. The predicted octanol–water partition coefficient (Wildman–Crippen LogP) is 2.38. The highest BCUT2D eigenvalue weighted by atomic mass is 32.2. The Labute approximate surface area is 143 Å². The van der Waals surface area contributed by atoms with Crippen LogP contribution < -0.4 is 9.92 Å². The van der Waals surface area contributed by atoms with Crippen LogP contribution in [0.15, 0.2) is 69.4 Å². The predicted molar refractivity (Wildman–Crippen MR) is 92.9 cm³/mol. The molecule has 0 spiro atoms. The van der Waals surface area contributed by atoms with Gasteiger partial charge in [-0.1, -0.05) is 30.3 Å². The van der Waals surface area contributed by atoms with Crippen molar-refractivity contribution < 1.29 is 17.4 Å². The van der Waals surface area contributed by atoms with E-state index in [0.29, 0.717) is 10.5 Å². The molecule has 0 bridgehead atoms. The van der Waals surface area contributed by atoms with Gasteiger partial charge < -0.3 is 9.92 Å². The lowest BCUT2D eigenvalue weighted by Gasteiger charge is -2.07. The first-order valence-electron chi connectivity index (χ1n) is 6.82. The molecule has 6 nitrogen and oxygen atoms in total. The summed E-state index contributed by atoms with van der Waals surface area (Å²) in [5.74, 6) is -0.265. The Morgan fingerprint density at radius 1 is 1.08 bits per heavy atom. The third-order valence-corrected chi connectivity index (χ3v) is 5.10. The first-order valence-corrected chi connectivity index (χ1v) is 9.04. The largest absolute Gasteiger partial charge is 0.379 e. The van der Waals surface area contributed by atoms with E-state index in [4.69, 9.17) is 9.92 Å². The lowest BCUT2D eigenvalue weighted by molar-refractivity contribution is -0.113. The Kier molecular flexibility index (Phi) is 4.41. The van der Waals surface area contributed by atoms with Crippen molar-refractivity contribution in [3.63, 3.8) is 0 Å². The molecule has 3 rings (SSSR count). The number of hydrogen-bond donors (Lipinski definition) is 1. The summed E-state index contributed by atoms with van der Waals surface area (Å²) in [5.41, 5.74) is 6.10. The van der Waals surface area contributed by atoms with Gasteiger partial charge in [0.05, 0.1) is 4.91 Å². The molecule has 1 amide bonds. The summed E-state index contributed by atoms with van der Waals surface area (Å²) >= 11 is 1.06. The molecule has 8 heteroatoms. The highest BCUT2D eigenvalue weighted by Gasteiger charge is 2.20. The average Bonchev–Trinajstić information content (AvgIpc) is 2.86. The van der Waals surface area contributed by atoms with Gasteiger partial charge in [-0.2, -0.15) is 13.4 Å². The molecule has 1 aliphatic rings. The summed E-state index contributed by atoms with van der Waals surface area (Å²) in [6.45, 7) is 0. The molecule has 2 N–H and O–H groups in total. The minimum absolute atomic E-state index is 0.0662. The summed E-state index contributed by atoms with van der Waals surface area (Å²) < 4.78 is 29.6. The van der Waals surface area contributed by atoms with E-state index in [-0.39, 0.29) is 15.8 Å². The van der Waals surface area contributed by atoms with Crippen LogP contribution in [0.2, 0.25) is 0 Å². The van der Waals surface area contributed by atoms with Gasteiger partial charge in [0, 0.05) is 0 Å². The molecule has 1 heterocycles. The lowest BCUT2D eigenvalue weighted by Crippen LogP contribution is -2.09. The molecular weight excluding hydrogens is 348 g/mol. The van der Waals surface area contributed by atoms with Crippen molar-refractivity contribution in [3.8, 4) is 5.75 Å². The Morgan fingerprint density at radius 2 is 1.83 bits per heavy atom. The van der Waals surface area contributed by atoms with Gasteiger partial charge in [0.25, 0.3) is 5.91 Å². The number of benzene rings is 2. The minimum atomic E-state index is -3.91. The zero-order chi connectivity index (χ0) is 17.2. The van der Waals surface area contributed by atoms with Crippen LogP contribution in [0.3, 0.4) is 0 Å². The van der Waals surface area contributed by atoms with Gasteiger partial charge in [0.15, 0.2) is 5.17 Å². The first kappa shape index (κ1) is 16.3. The standard InChI is InChI=1S/C16H12N2O4S2/c17-16-18-15(19)14(23-16)10-11-5-4-6-12(9-11)22-24(20,21)13-7-2-1-3-8-13/h1-10H,(H2,17,18,19)/b14-10-. The number of nitrogens with two attached hydrogens (primary N) is 1. The number of hydrogen-bond acceptors (Lipinski definition) is 6. The number of carbonyl (C=O) groups is 1. The van der Waals surface area contributed by atoms with Crippen LogP contribution in [0, 0.1) is 0 Å². The molecule has 2 aromatic rings. The minimum Gasteiger partial charge on any atom is -0.379 e. The summed E-state index contributed by atoms with van der Waals surface area (Å²) in [4.78, 5) is 15.7.